The van der Waals surface area contributed by atoms with Gasteiger partial charge in [-0.25, -0.2) is 4.68 Å². The summed E-state index contributed by atoms with van der Waals surface area (Å²) in [7, 11) is 0. The first-order valence-corrected chi connectivity index (χ1v) is 8.59. The summed E-state index contributed by atoms with van der Waals surface area (Å²) in [4.78, 5) is 23.1. The van der Waals surface area contributed by atoms with Gasteiger partial charge in [0.2, 0.25) is 0 Å². The highest BCUT2D eigenvalue weighted by Crippen LogP contribution is 2.28. The number of aromatic nitrogens is 3. The number of halogens is 1. The Morgan fingerprint density at radius 2 is 1.96 bits per heavy atom. The Morgan fingerprint density at radius 3 is 2.59 bits per heavy atom. The van der Waals surface area contributed by atoms with E-state index in [9.17, 15) is 9.59 Å². The second-order valence-corrected chi connectivity index (χ2v) is 6.43. The summed E-state index contributed by atoms with van der Waals surface area (Å²) in [5, 5.41) is 10.9. The zero-order valence-electron chi connectivity index (χ0n) is 14.7. The predicted molar refractivity (Wildman–Crippen MR) is 102 cm³/mol. The molecule has 0 spiro atoms. The first-order chi connectivity index (χ1) is 13.0. The minimum Gasteiger partial charge on any atom is -0.489 e. The Kier molecular flexibility index (Phi) is 5.52. The van der Waals surface area contributed by atoms with Gasteiger partial charge >= 0.3 is 0 Å². The molecular formula is C19H17ClN4O3. The van der Waals surface area contributed by atoms with Crippen LogP contribution in [0.5, 0.6) is 5.75 Å². The SMILES string of the molecule is CC(C)Oc1ccc(NC(=O)c2cn(-c3ccc(C=O)cc3)nn2)cc1Cl. The van der Waals surface area contributed by atoms with Gasteiger partial charge in [-0.15, -0.1) is 5.10 Å². The summed E-state index contributed by atoms with van der Waals surface area (Å²) in [6.07, 6.45) is 2.26. The third-order valence-electron chi connectivity index (χ3n) is 3.57. The second-order valence-electron chi connectivity index (χ2n) is 6.02. The quantitative estimate of drug-likeness (QED) is 0.654. The highest BCUT2D eigenvalue weighted by molar-refractivity contribution is 6.32. The van der Waals surface area contributed by atoms with Crippen molar-refractivity contribution >= 4 is 29.5 Å². The lowest BCUT2D eigenvalue weighted by molar-refractivity contribution is 0.102. The minimum atomic E-state index is -0.417. The van der Waals surface area contributed by atoms with E-state index in [0.717, 1.165) is 6.29 Å². The molecule has 1 amide bonds. The molecule has 1 N–H and O–H groups in total. The number of anilines is 1. The number of carbonyl (C=O) groups is 2. The van der Waals surface area contributed by atoms with E-state index in [4.69, 9.17) is 16.3 Å². The number of rotatable bonds is 6. The van der Waals surface area contributed by atoms with Crippen LogP contribution in [0, 0.1) is 0 Å². The fourth-order valence-corrected chi connectivity index (χ4v) is 2.55. The first-order valence-electron chi connectivity index (χ1n) is 8.22. The van der Waals surface area contributed by atoms with E-state index in [2.05, 4.69) is 15.6 Å². The van der Waals surface area contributed by atoms with Crippen molar-refractivity contribution in [2.45, 2.75) is 20.0 Å². The van der Waals surface area contributed by atoms with Crippen molar-refractivity contribution in [3.8, 4) is 11.4 Å². The fraction of sp³-hybridized carbons (Fsp3) is 0.158. The maximum absolute atomic E-state index is 12.4. The van der Waals surface area contributed by atoms with E-state index < -0.39 is 5.91 Å². The monoisotopic (exact) mass is 384 g/mol. The highest BCUT2D eigenvalue weighted by Gasteiger charge is 2.13. The zero-order valence-corrected chi connectivity index (χ0v) is 15.5. The molecule has 0 aliphatic heterocycles. The number of amides is 1. The lowest BCUT2D eigenvalue weighted by atomic mass is 10.2. The van der Waals surface area contributed by atoms with Gasteiger partial charge in [0, 0.05) is 11.3 Å². The molecule has 8 heteroatoms. The average Bonchev–Trinajstić information content (AvgIpc) is 3.14. The number of ether oxygens (including phenoxy) is 1. The van der Waals surface area contributed by atoms with Crippen LogP contribution in [0.25, 0.3) is 5.69 Å². The first kappa shape index (κ1) is 18.6. The van der Waals surface area contributed by atoms with Crippen molar-refractivity contribution in [2.24, 2.45) is 0 Å². The van der Waals surface area contributed by atoms with E-state index in [0.29, 0.717) is 27.7 Å². The third-order valence-corrected chi connectivity index (χ3v) is 3.87. The van der Waals surface area contributed by atoms with Crippen LogP contribution in [0.3, 0.4) is 0 Å². The van der Waals surface area contributed by atoms with Crippen LogP contribution in [0.15, 0.2) is 48.7 Å². The molecule has 0 fully saturated rings. The second kappa shape index (κ2) is 8.01. The maximum Gasteiger partial charge on any atom is 0.277 e. The number of hydrogen-bond acceptors (Lipinski definition) is 5. The molecule has 0 bridgehead atoms. The van der Waals surface area contributed by atoms with Crippen molar-refractivity contribution in [2.75, 3.05) is 5.32 Å². The normalized spacial score (nSPS) is 10.7. The number of hydrogen-bond donors (Lipinski definition) is 1. The Morgan fingerprint density at radius 1 is 1.22 bits per heavy atom. The van der Waals surface area contributed by atoms with E-state index in [-0.39, 0.29) is 11.8 Å². The van der Waals surface area contributed by atoms with Gasteiger partial charge in [0.15, 0.2) is 5.69 Å². The van der Waals surface area contributed by atoms with Gasteiger partial charge in [-0.1, -0.05) is 16.8 Å². The molecule has 0 unspecified atom stereocenters. The summed E-state index contributed by atoms with van der Waals surface area (Å²) in [6, 6.07) is 11.8. The molecule has 138 valence electrons. The van der Waals surface area contributed by atoms with Gasteiger partial charge in [0.05, 0.1) is 23.0 Å². The minimum absolute atomic E-state index is 0.00132. The van der Waals surface area contributed by atoms with Crippen molar-refractivity contribution in [3.05, 3.63) is 64.9 Å². The Hall–Kier alpha value is -3.19. The van der Waals surface area contributed by atoms with E-state index in [1.807, 2.05) is 13.8 Å². The van der Waals surface area contributed by atoms with Gasteiger partial charge in [-0.05, 0) is 56.3 Å². The summed E-state index contributed by atoms with van der Waals surface area (Å²) < 4.78 is 7.02. The molecule has 3 aromatic rings. The van der Waals surface area contributed by atoms with Crippen molar-refractivity contribution < 1.29 is 14.3 Å². The summed E-state index contributed by atoms with van der Waals surface area (Å²) in [6.45, 7) is 3.81. The number of carbonyl (C=O) groups excluding carboxylic acids is 2. The Bertz CT molecular complexity index is 967. The lowest BCUT2D eigenvalue weighted by Gasteiger charge is -2.12. The number of aldehydes is 1. The molecule has 27 heavy (non-hydrogen) atoms. The van der Waals surface area contributed by atoms with E-state index >= 15 is 0 Å². The van der Waals surface area contributed by atoms with Crippen molar-refractivity contribution in [1.29, 1.82) is 0 Å². The largest absolute Gasteiger partial charge is 0.489 e. The molecule has 0 aliphatic carbocycles. The molecule has 0 saturated heterocycles. The average molecular weight is 385 g/mol. The van der Waals surface area contributed by atoms with Gasteiger partial charge in [-0.2, -0.15) is 0 Å². The van der Waals surface area contributed by atoms with Gasteiger partial charge in [0.25, 0.3) is 5.91 Å². The maximum atomic E-state index is 12.4. The molecule has 2 aromatic carbocycles. The molecule has 3 rings (SSSR count). The van der Waals surface area contributed by atoms with Crippen LogP contribution in [-0.4, -0.2) is 33.3 Å². The molecule has 7 nitrogen and oxygen atoms in total. The van der Waals surface area contributed by atoms with Crippen LogP contribution in [0.2, 0.25) is 5.02 Å². The number of nitrogens with zero attached hydrogens (tertiary/aromatic N) is 3. The molecule has 1 heterocycles. The van der Waals surface area contributed by atoms with Crippen LogP contribution < -0.4 is 10.1 Å². The van der Waals surface area contributed by atoms with E-state index in [1.54, 1.807) is 42.5 Å². The zero-order chi connectivity index (χ0) is 19.4. The molecule has 0 radical (unpaired) electrons. The molecule has 0 saturated carbocycles. The Balaban J connectivity index is 1.72. The van der Waals surface area contributed by atoms with Gasteiger partial charge in [0.1, 0.15) is 12.0 Å². The molecule has 0 atom stereocenters. The standard InChI is InChI=1S/C19H17ClN4O3/c1-12(2)27-18-8-5-14(9-16(18)20)21-19(26)17-10-24(23-22-17)15-6-3-13(11-25)4-7-15/h3-12H,1-2H3,(H,21,26). The molecule has 0 aliphatic rings. The van der Waals surface area contributed by atoms with E-state index in [1.165, 1.54) is 10.9 Å². The molecule has 1 aromatic heterocycles. The van der Waals surface area contributed by atoms with Gasteiger partial charge < -0.3 is 10.1 Å². The topological polar surface area (TPSA) is 86.1 Å². The predicted octanol–water partition coefficient (Wildman–Crippen LogP) is 3.77. The summed E-state index contributed by atoms with van der Waals surface area (Å²) >= 11 is 6.18. The number of nitrogens with one attached hydrogen (secondary N) is 1. The van der Waals surface area contributed by atoms with Crippen molar-refractivity contribution in [1.82, 2.24) is 15.0 Å². The third kappa shape index (κ3) is 4.51. The fourth-order valence-electron chi connectivity index (χ4n) is 2.32. The van der Waals surface area contributed by atoms with Crippen LogP contribution >= 0.6 is 11.6 Å². The van der Waals surface area contributed by atoms with Crippen LogP contribution in [0.4, 0.5) is 5.69 Å². The van der Waals surface area contributed by atoms with Crippen molar-refractivity contribution in [3.63, 3.8) is 0 Å². The summed E-state index contributed by atoms with van der Waals surface area (Å²) in [5.74, 6) is 0.133. The van der Waals surface area contributed by atoms with Gasteiger partial charge in [-0.3, -0.25) is 9.59 Å². The lowest BCUT2D eigenvalue weighted by Crippen LogP contribution is -2.12. The molecular weight excluding hydrogens is 368 g/mol. The highest BCUT2D eigenvalue weighted by atomic mass is 35.5. The number of benzene rings is 2. The smallest absolute Gasteiger partial charge is 0.277 e. The summed E-state index contributed by atoms with van der Waals surface area (Å²) in [5.41, 5.74) is 1.91. The van der Waals surface area contributed by atoms with Crippen LogP contribution in [0.1, 0.15) is 34.7 Å². The Labute approximate surface area is 160 Å². The van der Waals surface area contributed by atoms with Crippen LogP contribution in [-0.2, 0) is 0 Å².